The summed E-state index contributed by atoms with van der Waals surface area (Å²) < 4.78 is 10.9. The van der Waals surface area contributed by atoms with E-state index in [1.165, 1.54) is 0 Å². The maximum atomic E-state index is 12.4. The van der Waals surface area contributed by atoms with E-state index in [0.717, 1.165) is 12.0 Å². The lowest BCUT2D eigenvalue weighted by Crippen LogP contribution is -2.12. The van der Waals surface area contributed by atoms with Crippen molar-refractivity contribution in [2.45, 2.75) is 13.3 Å². The molecule has 26 heavy (non-hydrogen) atoms. The summed E-state index contributed by atoms with van der Waals surface area (Å²) in [5.74, 6) is -0.578. The second-order valence-corrected chi connectivity index (χ2v) is 5.65. The van der Waals surface area contributed by atoms with Crippen LogP contribution >= 0.6 is 0 Å². The zero-order chi connectivity index (χ0) is 18.4. The number of carbonyl (C=O) groups excluding carboxylic acids is 2. The molecular formula is C22H18O4. The molecular weight excluding hydrogens is 328 g/mol. The molecule has 4 nitrogen and oxygen atoms in total. The van der Waals surface area contributed by atoms with Crippen molar-refractivity contribution in [3.8, 4) is 11.5 Å². The van der Waals surface area contributed by atoms with Crippen molar-refractivity contribution in [2.75, 3.05) is 0 Å². The topological polar surface area (TPSA) is 52.6 Å². The third kappa shape index (κ3) is 4.16. The van der Waals surface area contributed by atoms with Crippen molar-refractivity contribution < 1.29 is 19.1 Å². The van der Waals surface area contributed by atoms with Gasteiger partial charge in [0.1, 0.15) is 0 Å². The Kier molecular flexibility index (Phi) is 5.44. The Balaban J connectivity index is 1.86. The minimum Gasteiger partial charge on any atom is -0.419 e. The second kappa shape index (κ2) is 8.12. The average Bonchev–Trinajstić information content (AvgIpc) is 2.70. The molecule has 0 aliphatic rings. The van der Waals surface area contributed by atoms with E-state index in [1.54, 1.807) is 60.7 Å². The zero-order valence-electron chi connectivity index (χ0n) is 14.3. The van der Waals surface area contributed by atoms with E-state index in [2.05, 4.69) is 0 Å². The highest BCUT2D eigenvalue weighted by atomic mass is 16.6. The van der Waals surface area contributed by atoms with Crippen molar-refractivity contribution >= 4 is 11.9 Å². The quantitative estimate of drug-likeness (QED) is 0.497. The minimum absolute atomic E-state index is 0.209. The molecule has 3 aromatic rings. The fourth-order valence-electron chi connectivity index (χ4n) is 2.40. The normalized spacial score (nSPS) is 10.2. The molecule has 0 radical (unpaired) electrons. The van der Waals surface area contributed by atoms with Gasteiger partial charge in [-0.1, -0.05) is 49.4 Å². The van der Waals surface area contributed by atoms with E-state index in [1.807, 2.05) is 25.1 Å². The van der Waals surface area contributed by atoms with E-state index in [-0.39, 0.29) is 11.5 Å². The van der Waals surface area contributed by atoms with Gasteiger partial charge in [-0.3, -0.25) is 0 Å². The Morgan fingerprint density at radius 2 is 1.19 bits per heavy atom. The molecule has 0 saturated heterocycles. The minimum atomic E-state index is -0.508. The van der Waals surface area contributed by atoms with E-state index < -0.39 is 11.9 Å². The molecule has 130 valence electrons. The molecule has 0 saturated carbocycles. The van der Waals surface area contributed by atoms with Gasteiger partial charge in [0, 0.05) is 0 Å². The summed E-state index contributed by atoms with van der Waals surface area (Å²) in [6.45, 7) is 1.99. The fourth-order valence-corrected chi connectivity index (χ4v) is 2.40. The molecule has 0 heterocycles. The Morgan fingerprint density at radius 3 is 1.69 bits per heavy atom. The van der Waals surface area contributed by atoms with Gasteiger partial charge in [0.15, 0.2) is 11.5 Å². The summed E-state index contributed by atoms with van der Waals surface area (Å²) in [6, 6.07) is 22.5. The number of benzene rings is 3. The van der Waals surface area contributed by atoms with Crippen molar-refractivity contribution in [2.24, 2.45) is 0 Å². The molecule has 0 unspecified atom stereocenters. The summed E-state index contributed by atoms with van der Waals surface area (Å²) >= 11 is 0. The van der Waals surface area contributed by atoms with Crippen LogP contribution in [0.1, 0.15) is 33.2 Å². The number of ether oxygens (including phenoxy) is 2. The number of rotatable bonds is 5. The van der Waals surface area contributed by atoms with Crippen LogP contribution in [0.2, 0.25) is 0 Å². The molecule has 0 N–H and O–H groups in total. The van der Waals surface area contributed by atoms with E-state index >= 15 is 0 Å². The molecule has 0 aliphatic carbocycles. The second-order valence-electron chi connectivity index (χ2n) is 5.65. The summed E-state index contributed by atoms with van der Waals surface area (Å²) in [6.07, 6.45) is 0.767. The molecule has 0 bridgehead atoms. The predicted molar refractivity (Wildman–Crippen MR) is 98.6 cm³/mol. The van der Waals surface area contributed by atoms with Crippen molar-refractivity contribution in [3.05, 3.63) is 95.6 Å². The van der Waals surface area contributed by atoms with Crippen LogP contribution in [0, 0.1) is 0 Å². The van der Waals surface area contributed by atoms with Crippen LogP contribution in [-0.2, 0) is 6.42 Å². The maximum Gasteiger partial charge on any atom is 0.343 e. The maximum absolute atomic E-state index is 12.4. The highest BCUT2D eigenvalue weighted by Gasteiger charge is 2.16. The number of esters is 2. The van der Waals surface area contributed by atoms with Gasteiger partial charge in [-0.25, -0.2) is 9.59 Å². The Morgan fingerprint density at radius 1 is 0.692 bits per heavy atom. The Bertz CT molecular complexity index is 902. The smallest absolute Gasteiger partial charge is 0.343 e. The van der Waals surface area contributed by atoms with Crippen LogP contribution in [0.5, 0.6) is 11.5 Å². The highest BCUT2D eigenvalue weighted by Crippen LogP contribution is 2.30. The van der Waals surface area contributed by atoms with Crippen LogP contribution in [0.15, 0.2) is 78.9 Å². The van der Waals surface area contributed by atoms with Gasteiger partial charge in [0.25, 0.3) is 0 Å². The number of carbonyl (C=O) groups is 2. The molecule has 0 spiro atoms. The van der Waals surface area contributed by atoms with E-state index in [4.69, 9.17) is 9.47 Å². The number of hydrogen-bond acceptors (Lipinski definition) is 4. The molecule has 0 aromatic heterocycles. The molecule has 0 aliphatic heterocycles. The van der Waals surface area contributed by atoms with Gasteiger partial charge >= 0.3 is 11.9 Å². The first kappa shape index (κ1) is 17.4. The summed E-state index contributed by atoms with van der Waals surface area (Å²) in [7, 11) is 0. The summed E-state index contributed by atoms with van der Waals surface area (Å²) in [5.41, 5.74) is 1.82. The lowest BCUT2D eigenvalue weighted by atomic mass is 10.1. The van der Waals surface area contributed by atoms with Gasteiger partial charge in [0.05, 0.1) is 11.1 Å². The first-order valence-corrected chi connectivity index (χ1v) is 8.34. The zero-order valence-corrected chi connectivity index (χ0v) is 14.3. The van der Waals surface area contributed by atoms with Crippen LogP contribution in [0.3, 0.4) is 0 Å². The van der Waals surface area contributed by atoms with Crippen molar-refractivity contribution in [1.82, 2.24) is 0 Å². The van der Waals surface area contributed by atoms with Crippen LogP contribution in [0.4, 0.5) is 0 Å². The van der Waals surface area contributed by atoms with Crippen LogP contribution < -0.4 is 9.47 Å². The van der Waals surface area contributed by atoms with Gasteiger partial charge in [-0.15, -0.1) is 0 Å². The summed E-state index contributed by atoms with van der Waals surface area (Å²) in [4.78, 5) is 24.7. The lowest BCUT2D eigenvalue weighted by molar-refractivity contribution is 0.0682. The summed E-state index contributed by atoms with van der Waals surface area (Å²) in [5, 5.41) is 0. The monoisotopic (exact) mass is 346 g/mol. The van der Waals surface area contributed by atoms with Gasteiger partial charge in [-0.05, 0) is 48.4 Å². The van der Waals surface area contributed by atoms with Crippen molar-refractivity contribution in [3.63, 3.8) is 0 Å². The average molecular weight is 346 g/mol. The molecule has 3 rings (SSSR count). The Hall–Kier alpha value is -3.40. The molecule has 0 amide bonds. The SMILES string of the molecule is CCc1ccc(OC(=O)c2ccccc2)c(OC(=O)c2ccccc2)c1. The fraction of sp³-hybridized carbons (Fsp3) is 0.0909. The molecule has 3 aromatic carbocycles. The van der Waals surface area contributed by atoms with Crippen LogP contribution in [0.25, 0.3) is 0 Å². The van der Waals surface area contributed by atoms with Gasteiger partial charge < -0.3 is 9.47 Å². The van der Waals surface area contributed by atoms with Gasteiger partial charge in [0.2, 0.25) is 0 Å². The van der Waals surface area contributed by atoms with Crippen molar-refractivity contribution in [1.29, 1.82) is 0 Å². The van der Waals surface area contributed by atoms with Crippen LogP contribution in [-0.4, -0.2) is 11.9 Å². The Labute approximate surface area is 152 Å². The first-order chi connectivity index (χ1) is 12.7. The molecule has 4 heteroatoms. The first-order valence-electron chi connectivity index (χ1n) is 8.34. The lowest BCUT2D eigenvalue weighted by Gasteiger charge is -2.12. The highest BCUT2D eigenvalue weighted by molar-refractivity contribution is 5.93. The van der Waals surface area contributed by atoms with Gasteiger partial charge in [-0.2, -0.15) is 0 Å². The number of aryl methyl sites for hydroxylation is 1. The van der Waals surface area contributed by atoms with E-state index in [0.29, 0.717) is 11.1 Å². The third-order valence-electron chi connectivity index (χ3n) is 3.84. The predicted octanol–water partition coefficient (Wildman–Crippen LogP) is 4.69. The third-order valence-corrected chi connectivity index (χ3v) is 3.84. The largest absolute Gasteiger partial charge is 0.419 e. The molecule has 0 fully saturated rings. The number of hydrogen-bond donors (Lipinski definition) is 0. The van der Waals surface area contributed by atoms with E-state index in [9.17, 15) is 9.59 Å². The molecule has 0 atom stereocenters. The standard InChI is InChI=1S/C22H18O4/c1-2-16-13-14-19(25-21(23)17-9-5-3-6-10-17)20(15-16)26-22(24)18-11-7-4-8-12-18/h3-15H,2H2,1H3.